The van der Waals surface area contributed by atoms with Crippen LogP contribution in [0.15, 0.2) is 24.5 Å². The molecule has 0 spiro atoms. The Morgan fingerprint density at radius 2 is 2.16 bits per heavy atom. The maximum atomic E-state index is 4.24. The van der Waals surface area contributed by atoms with Crippen LogP contribution < -0.4 is 5.32 Å². The third kappa shape index (κ3) is 3.34. The number of nitrogens with zero attached hydrogens (tertiary/aromatic N) is 2. The summed E-state index contributed by atoms with van der Waals surface area (Å²) in [5.41, 5.74) is 1.62. The molecule has 2 rings (SSSR count). The minimum absolute atomic E-state index is 0.299. The van der Waals surface area contributed by atoms with Crippen LogP contribution in [0.5, 0.6) is 0 Å². The minimum Gasteiger partial charge on any atom is -0.308 e. The third-order valence-corrected chi connectivity index (χ3v) is 4.67. The van der Waals surface area contributed by atoms with E-state index in [1.54, 1.807) is 0 Å². The smallest absolute Gasteiger partial charge is 0.0312 e. The van der Waals surface area contributed by atoms with Crippen LogP contribution in [0, 0.1) is 0 Å². The largest absolute Gasteiger partial charge is 0.308 e. The Bertz CT molecular complexity index is 373. The molecule has 1 atom stereocenters. The van der Waals surface area contributed by atoms with Gasteiger partial charge in [0.2, 0.25) is 0 Å². The van der Waals surface area contributed by atoms with Gasteiger partial charge in [0.25, 0.3) is 0 Å². The molecule has 0 radical (unpaired) electrons. The van der Waals surface area contributed by atoms with E-state index < -0.39 is 0 Å². The monoisotopic (exact) mass is 261 g/mol. The van der Waals surface area contributed by atoms with Gasteiger partial charge in [-0.05, 0) is 30.9 Å². The van der Waals surface area contributed by atoms with E-state index in [2.05, 4.69) is 42.0 Å². The zero-order valence-electron chi connectivity index (χ0n) is 12.5. The molecule has 1 aromatic rings. The maximum absolute atomic E-state index is 4.24. The van der Waals surface area contributed by atoms with Gasteiger partial charge in [0.15, 0.2) is 0 Å². The van der Waals surface area contributed by atoms with Crippen molar-refractivity contribution in [2.45, 2.75) is 58.2 Å². The van der Waals surface area contributed by atoms with Crippen molar-refractivity contribution in [1.82, 2.24) is 15.2 Å². The summed E-state index contributed by atoms with van der Waals surface area (Å²) in [5.74, 6) is 0. The topological polar surface area (TPSA) is 28.2 Å². The summed E-state index contributed by atoms with van der Waals surface area (Å²) >= 11 is 0. The Balaban J connectivity index is 2.10. The molecule has 1 saturated heterocycles. The van der Waals surface area contributed by atoms with Crippen molar-refractivity contribution in [3.05, 3.63) is 30.1 Å². The van der Waals surface area contributed by atoms with Crippen molar-refractivity contribution in [2.24, 2.45) is 0 Å². The van der Waals surface area contributed by atoms with Gasteiger partial charge in [0.1, 0.15) is 0 Å². The zero-order valence-corrected chi connectivity index (χ0v) is 12.5. The molecule has 1 aliphatic heterocycles. The number of hydrogen-bond acceptors (Lipinski definition) is 3. The number of hydrogen-bond donors (Lipinski definition) is 1. The fraction of sp³-hybridized carbons (Fsp3) is 0.688. The molecule has 0 aromatic carbocycles. The summed E-state index contributed by atoms with van der Waals surface area (Å²) in [4.78, 5) is 6.87. The van der Waals surface area contributed by atoms with Gasteiger partial charge in [-0.3, -0.25) is 9.88 Å². The first-order valence-electron chi connectivity index (χ1n) is 7.61. The Kier molecular flexibility index (Phi) is 4.94. The second kappa shape index (κ2) is 6.49. The van der Waals surface area contributed by atoms with E-state index in [1.165, 1.54) is 24.8 Å². The van der Waals surface area contributed by atoms with Gasteiger partial charge in [0.05, 0.1) is 0 Å². The Hall–Kier alpha value is -0.930. The minimum atomic E-state index is 0.299. The van der Waals surface area contributed by atoms with E-state index in [1.807, 2.05) is 18.5 Å². The van der Waals surface area contributed by atoms with E-state index in [0.717, 1.165) is 19.6 Å². The fourth-order valence-corrected chi connectivity index (χ4v) is 3.07. The van der Waals surface area contributed by atoms with E-state index >= 15 is 0 Å². The number of rotatable bonds is 5. The highest BCUT2D eigenvalue weighted by atomic mass is 15.3. The van der Waals surface area contributed by atoms with Gasteiger partial charge in [-0.25, -0.2) is 0 Å². The first-order chi connectivity index (χ1) is 9.23. The van der Waals surface area contributed by atoms with Crippen LogP contribution in [0.4, 0.5) is 0 Å². The third-order valence-electron chi connectivity index (χ3n) is 4.67. The van der Waals surface area contributed by atoms with Crippen molar-refractivity contribution < 1.29 is 0 Å². The van der Waals surface area contributed by atoms with Crippen molar-refractivity contribution in [2.75, 3.05) is 13.1 Å². The molecule has 3 nitrogen and oxygen atoms in total. The summed E-state index contributed by atoms with van der Waals surface area (Å²) in [6, 6.07) is 4.86. The van der Waals surface area contributed by atoms with E-state index in [4.69, 9.17) is 0 Å². The van der Waals surface area contributed by atoms with Crippen LogP contribution >= 0.6 is 0 Å². The molecular weight excluding hydrogens is 234 g/mol. The van der Waals surface area contributed by atoms with Crippen LogP contribution in [-0.2, 0) is 6.54 Å². The van der Waals surface area contributed by atoms with Crippen molar-refractivity contribution in [3.8, 4) is 0 Å². The quantitative estimate of drug-likeness (QED) is 0.883. The van der Waals surface area contributed by atoms with Crippen LogP contribution in [0.1, 0.15) is 45.6 Å². The summed E-state index contributed by atoms with van der Waals surface area (Å²) < 4.78 is 0. The van der Waals surface area contributed by atoms with Crippen LogP contribution in [0.2, 0.25) is 0 Å². The van der Waals surface area contributed by atoms with Crippen molar-refractivity contribution in [1.29, 1.82) is 0 Å². The lowest BCUT2D eigenvalue weighted by Gasteiger charge is -2.47. The van der Waals surface area contributed by atoms with Gasteiger partial charge >= 0.3 is 0 Å². The molecular formula is C16H27N3. The molecule has 0 saturated carbocycles. The molecule has 106 valence electrons. The average molecular weight is 261 g/mol. The standard InChI is InChI=1S/C16H27N3/c1-4-15-11-18-16(5-2,6-3)13-19(15)12-14-8-7-9-17-10-14/h7-10,15,18H,4-6,11-13H2,1-3H3. The van der Waals surface area contributed by atoms with Gasteiger partial charge in [-0.15, -0.1) is 0 Å². The van der Waals surface area contributed by atoms with Crippen molar-refractivity contribution >= 4 is 0 Å². The highest BCUT2D eigenvalue weighted by Crippen LogP contribution is 2.25. The molecule has 1 aromatic heterocycles. The summed E-state index contributed by atoms with van der Waals surface area (Å²) in [6.45, 7) is 10.2. The Morgan fingerprint density at radius 1 is 1.37 bits per heavy atom. The molecule has 0 amide bonds. The van der Waals surface area contributed by atoms with Crippen LogP contribution in [-0.4, -0.2) is 34.6 Å². The number of piperazine rings is 1. The highest BCUT2D eigenvalue weighted by molar-refractivity contribution is 5.09. The molecule has 3 heteroatoms. The van der Waals surface area contributed by atoms with Gasteiger partial charge in [-0.1, -0.05) is 26.8 Å². The zero-order chi connectivity index (χ0) is 13.7. The molecule has 0 aliphatic carbocycles. The predicted molar refractivity (Wildman–Crippen MR) is 80.0 cm³/mol. The molecule has 1 aliphatic rings. The molecule has 1 N–H and O–H groups in total. The lowest BCUT2D eigenvalue weighted by molar-refractivity contribution is 0.0642. The molecule has 1 fully saturated rings. The molecule has 1 unspecified atom stereocenters. The first-order valence-corrected chi connectivity index (χ1v) is 7.61. The summed E-state index contributed by atoms with van der Waals surface area (Å²) in [6.07, 6.45) is 7.44. The highest BCUT2D eigenvalue weighted by Gasteiger charge is 2.35. The SMILES string of the molecule is CCC1CNC(CC)(CC)CN1Cc1cccnc1. The van der Waals surface area contributed by atoms with Crippen LogP contribution in [0.3, 0.4) is 0 Å². The number of aromatic nitrogens is 1. The van der Waals surface area contributed by atoms with E-state index in [0.29, 0.717) is 11.6 Å². The molecule has 2 heterocycles. The van der Waals surface area contributed by atoms with E-state index in [-0.39, 0.29) is 0 Å². The van der Waals surface area contributed by atoms with E-state index in [9.17, 15) is 0 Å². The second-order valence-electron chi connectivity index (χ2n) is 5.70. The molecule has 0 bridgehead atoms. The van der Waals surface area contributed by atoms with Crippen molar-refractivity contribution in [3.63, 3.8) is 0 Å². The summed E-state index contributed by atoms with van der Waals surface area (Å²) in [5, 5.41) is 3.79. The van der Waals surface area contributed by atoms with Gasteiger partial charge < -0.3 is 5.32 Å². The second-order valence-corrected chi connectivity index (χ2v) is 5.70. The predicted octanol–water partition coefficient (Wildman–Crippen LogP) is 2.82. The lowest BCUT2D eigenvalue weighted by atomic mass is 9.88. The van der Waals surface area contributed by atoms with Crippen LogP contribution in [0.25, 0.3) is 0 Å². The van der Waals surface area contributed by atoms with Gasteiger partial charge in [0, 0.05) is 43.6 Å². The van der Waals surface area contributed by atoms with Gasteiger partial charge in [-0.2, -0.15) is 0 Å². The average Bonchev–Trinajstić information content (AvgIpc) is 2.48. The first kappa shape index (κ1) is 14.5. The lowest BCUT2D eigenvalue weighted by Crippen LogP contribution is -2.63. The number of nitrogens with one attached hydrogen (secondary N) is 1. The summed E-state index contributed by atoms with van der Waals surface area (Å²) in [7, 11) is 0. The molecule has 19 heavy (non-hydrogen) atoms. The Labute approximate surface area is 117 Å². The normalized spacial score (nSPS) is 23.4. The number of pyridine rings is 1. The fourth-order valence-electron chi connectivity index (χ4n) is 3.07. The maximum Gasteiger partial charge on any atom is 0.0312 e. The Morgan fingerprint density at radius 3 is 2.74 bits per heavy atom.